The van der Waals surface area contributed by atoms with Crippen LogP contribution in [0.3, 0.4) is 0 Å². The van der Waals surface area contributed by atoms with Crippen molar-refractivity contribution in [2.24, 2.45) is 0 Å². The Bertz CT molecular complexity index is 1130. The Labute approximate surface area is 173 Å². The Balaban J connectivity index is 1.87. The zero-order chi connectivity index (χ0) is 20.3. The number of halogens is 2. The summed E-state index contributed by atoms with van der Waals surface area (Å²) >= 11 is 12.0. The van der Waals surface area contributed by atoms with Crippen LogP contribution in [0.5, 0.6) is 0 Å². The standard InChI is InChI=1S/C20H16Cl2N2O3S/c1-13-16(20(25)23-19-11-10-14(21)12-17(19)22)8-5-9-18(13)24-28(26,27)15-6-3-2-4-7-15/h2-12,24H,1H3,(H,23,25). The molecule has 0 saturated heterocycles. The van der Waals surface area contributed by atoms with E-state index in [1.165, 1.54) is 18.2 Å². The van der Waals surface area contributed by atoms with Gasteiger partial charge in [-0.25, -0.2) is 8.42 Å². The average molecular weight is 435 g/mol. The van der Waals surface area contributed by atoms with Gasteiger partial charge in [0.05, 0.1) is 21.3 Å². The van der Waals surface area contributed by atoms with E-state index < -0.39 is 15.9 Å². The van der Waals surface area contributed by atoms with Gasteiger partial charge in [-0.2, -0.15) is 0 Å². The van der Waals surface area contributed by atoms with Crippen molar-refractivity contribution in [3.63, 3.8) is 0 Å². The molecule has 8 heteroatoms. The summed E-state index contributed by atoms with van der Waals surface area (Å²) in [5.41, 5.74) is 1.54. The minimum atomic E-state index is -3.77. The van der Waals surface area contributed by atoms with Crippen LogP contribution in [0.1, 0.15) is 15.9 Å². The predicted molar refractivity (Wildman–Crippen MR) is 113 cm³/mol. The SMILES string of the molecule is Cc1c(NS(=O)(=O)c2ccccc2)cccc1C(=O)Nc1ccc(Cl)cc1Cl. The van der Waals surface area contributed by atoms with Crippen LogP contribution in [0.4, 0.5) is 11.4 Å². The van der Waals surface area contributed by atoms with Gasteiger partial charge in [0.25, 0.3) is 15.9 Å². The van der Waals surface area contributed by atoms with E-state index >= 15 is 0 Å². The van der Waals surface area contributed by atoms with Crippen molar-refractivity contribution in [1.29, 1.82) is 0 Å². The highest BCUT2D eigenvalue weighted by Gasteiger charge is 2.18. The number of carbonyl (C=O) groups excluding carboxylic acids is 1. The summed E-state index contributed by atoms with van der Waals surface area (Å²) in [6, 6.07) is 17.5. The number of nitrogens with one attached hydrogen (secondary N) is 2. The lowest BCUT2D eigenvalue weighted by Crippen LogP contribution is -2.17. The van der Waals surface area contributed by atoms with Crippen molar-refractivity contribution in [3.8, 4) is 0 Å². The first-order valence-corrected chi connectivity index (χ1v) is 10.5. The second-order valence-corrected chi connectivity index (χ2v) is 8.50. The molecule has 0 radical (unpaired) electrons. The molecule has 0 heterocycles. The van der Waals surface area contributed by atoms with Crippen molar-refractivity contribution in [1.82, 2.24) is 0 Å². The summed E-state index contributed by atoms with van der Waals surface area (Å²) in [5, 5.41) is 3.47. The predicted octanol–water partition coefficient (Wildman–Crippen LogP) is 5.35. The molecule has 0 aromatic heterocycles. The molecule has 0 atom stereocenters. The maximum atomic E-state index is 12.7. The lowest BCUT2D eigenvalue weighted by atomic mass is 10.1. The van der Waals surface area contributed by atoms with Crippen LogP contribution in [-0.2, 0) is 10.0 Å². The van der Waals surface area contributed by atoms with Crippen molar-refractivity contribution in [2.45, 2.75) is 11.8 Å². The molecule has 0 spiro atoms. The molecule has 2 N–H and O–H groups in total. The summed E-state index contributed by atoms with van der Waals surface area (Å²) < 4.78 is 27.7. The molecule has 3 rings (SSSR count). The molecule has 0 unspecified atom stereocenters. The van der Waals surface area contributed by atoms with Gasteiger partial charge in [0.1, 0.15) is 0 Å². The van der Waals surface area contributed by atoms with Crippen LogP contribution in [0, 0.1) is 6.92 Å². The first kappa shape index (κ1) is 20.2. The summed E-state index contributed by atoms with van der Waals surface area (Å²) in [6.07, 6.45) is 0. The summed E-state index contributed by atoms with van der Waals surface area (Å²) in [4.78, 5) is 12.8. The van der Waals surface area contributed by atoms with Gasteiger partial charge in [0.15, 0.2) is 0 Å². The maximum Gasteiger partial charge on any atom is 0.261 e. The van der Waals surface area contributed by atoms with Gasteiger partial charge in [0.2, 0.25) is 0 Å². The number of carbonyl (C=O) groups is 1. The van der Waals surface area contributed by atoms with Gasteiger partial charge < -0.3 is 5.32 Å². The van der Waals surface area contributed by atoms with Crippen LogP contribution in [0.15, 0.2) is 71.6 Å². The number of hydrogen-bond donors (Lipinski definition) is 2. The highest BCUT2D eigenvalue weighted by molar-refractivity contribution is 7.92. The van der Waals surface area contributed by atoms with E-state index in [-0.39, 0.29) is 4.90 Å². The molecule has 3 aromatic rings. The summed E-state index contributed by atoms with van der Waals surface area (Å²) in [6.45, 7) is 1.67. The second kappa shape index (κ2) is 8.22. The van der Waals surface area contributed by atoms with Crippen molar-refractivity contribution in [3.05, 3.63) is 87.9 Å². The molecule has 0 aliphatic heterocycles. The quantitative estimate of drug-likeness (QED) is 0.567. The molecule has 3 aromatic carbocycles. The fourth-order valence-corrected chi connectivity index (χ4v) is 4.18. The molecule has 0 saturated carbocycles. The van der Waals surface area contributed by atoms with E-state index in [4.69, 9.17) is 23.2 Å². The number of amides is 1. The van der Waals surface area contributed by atoms with Crippen molar-refractivity contribution < 1.29 is 13.2 Å². The average Bonchev–Trinajstić information content (AvgIpc) is 2.66. The third-order valence-electron chi connectivity index (χ3n) is 4.06. The van der Waals surface area contributed by atoms with Gasteiger partial charge in [-0.3, -0.25) is 9.52 Å². The van der Waals surface area contributed by atoms with E-state index in [0.717, 1.165) is 0 Å². The Morgan fingerprint density at radius 2 is 1.61 bits per heavy atom. The highest BCUT2D eigenvalue weighted by Crippen LogP contribution is 2.27. The number of hydrogen-bond acceptors (Lipinski definition) is 3. The van der Waals surface area contributed by atoms with Crippen LogP contribution < -0.4 is 10.0 Å². The normalized spacial score (nSPS) is 11.1. The van der Waals surface area contributed by atoms with E-state index in [0.29, 0.717) is 32.5 Å². The molecule has 0 fully saturated rings. The minimum Gasteiger partial charge on any atom is -0.321 e. The van der Waals surface area contributed by atoms with Gasteiger partial charge >= 0.3 is 0 Å². The van der Waals surface area contributed by atoms with E-state index in [2.05, 4.69) is 10.0 Å². The van der Waals surface area contributed by atoms with Gasteiger partial charge in [-0.05, 0) is 55.0 Å². The molecular weight excluding hydrogens is 419 g/mol. The van der Waals surface area contributed by atoms with Crippen LogP contribution >= 0.6 is 23.2 Å². The number of rotatable bonds is 5. The van der Waals surface area contributed by atoms with Crippen molar-refractivity contribution in [2.75, 3.05) is 10.0 Å². The largest absolute Gasteiger partial charge is 0.321 e. The Hall–Kier alpha value is -2.54. The summed E-state index contributed by atoms with van der Waals surface area (Å²) in [7, 11) is -3.77. The fourth-order valence-electron chi connectivity index (χ4n) is 2.58. The fraction of sp³-hybridized carbons (Fsp3) is 0.0500. The zero-order valence-corrected chi connectivity index (χ0v) is 17.1. The van der Waals surface area contributed by atoms with Crippen molar-refractivity contribution >= 4 is 50.5 Å². The highest BCUT2D eigenvalue weighted by atomic mass is 35.5. The second-order valence-electron chi connectivity index (χ2n) is 5.97. The van der Waals surface area contributed by atoms with E-state index in [1.54, 1.807) is 55.5 Å². The monoisotopic (exact) mass is 434 g/mol. The molecule has 144 valence electrons. The maximum absolute atomic E-state index is 12.7. The first-order valence-electron chi connectivity index (χ1n) is 8.22. The number of anilines is 2. The first-order chi connectivity index (χ1) is 13.3. The zero-order valence-electron chi connectivity index (χ0n) is 14.7. The lowest BCUT2D eigenvalue weighted by molar-refractivity contribution is 0.102. The van der Waals surface area contributed by atoms with Crippen LogP contribution in [0.25, 0.3) is 0 Å². The van der Waals surface area contributed by atoms with Gasteiger partial charge in [-0.15, -0.1) is 0 Å². The van der Waals surface area contributed by atoms with E-state index in [1.807, 2.05) is 0 Å². The molecule has 28 heavy (non-hydrogen) atoms. The molecular formula is C20H16Cl2N2O3S. The summed E-state index contributed by atoms with van der Waals surface area (Å²) in [5.74, 6) is -0.414. The van der Waals surface area contributed by atoms with Crippen LogP contribution in [-0.4, -0.2) is 14.3 Å². The van der Waals surface area contributed by atoms with Gasteiger partial charge in [-0.1, -0.05) is 47.5 Å². The third kappa shape index (κ3) is 4.47. The molecule has 0 aliphatic carbocycles. The topological polar surface area (TPSA) is 75.3 Å². The Morgan fingerprint density at radius 3 is 2.29 bits per heavy atom. The third-order valence-corrected chi connectivity index (χ3v) is 5.98. The van der Waals surface area contributed by atoms with Gasteiger partial charge in [0, 0.05) is 10.6 Å². The molecule has 5 nitrogen and oxygen atoms in total. The lowest BCUT2D eigenvalue weighted by Gasteiger charge is -2.14. The molecule has 1 amide bonds. The smallest absolute Gasteiger partial charge is 0.261 e. The minimum absolute atomic E-state index is 0.136. The van der Waals surface area contributed by atoms with E-state index in [9.17, 15) is 13.2 Å². The Kier molecular flexibility index (Phi) is 5.93. The van der Waals surface area contributed by atoms with Crippen LogP contribution in [0.2, 0.25) is 10.0 Å². The number of sulfonamides is 1. The number of benzene rings is 3. The Morgan fingerprint density at radius 1 is 0.893 bits per heavy atom. The molecule has 0 bridgehead atoms. The molecule has 0 aliphatic rings.